The lowest BCUT2D eigenvalue weighted by Crippen LogP contribution is -2.42. The Morgan fingerprint density at radius 1 is 1.12 bits per heavy atom. The van der Waals surface area contributed by atoms with Crippen molar-refractivity contribution in [1.82, 2.24) is 5.32 Å². The predicted molar refractivity (Wildman–Crippen MR) is 110 cm³/mol. The first-order valence-electron chi connectivity index (χ1n) is 8.89. The molecule has 0 radical (unpaired) electrons. The fourth-order valence-electron chi connectivity index (χ4n) is 3.12. The Balaban J connectivity index is 0.00000117. The number of nitrogens with one attached hydrogen (secondary N) is 1. The summed E-state index contributed by atoms with van der Waals surface area (Å²) in [4.78, 5) is 24.9. The minimum absolute atomic E-state index is 0.112. The first kappa shape index (κ1) is 20.5. The molecule has 0 saturated carbocycles. The van der Waals surface area contributed by atoms with Gasteiger partial charge in [0.2, 0.25) is 5.91 Å². The van der Waals surface area contributed by atoms with E-state index in [1.54, 1.807) is 17.8 Å². The van der Waals surface area contributed by atoms with Crippen LogP contribution >= 0.6 is 23.1 Å². The second-order valence-electron chi connectivity index (χ2n) is 6.02. The molecule has 2 heterocycles. The Kier molecular flexibility index (Phi) is 7.72. The molecule has 4 nitrogen and oxygen atoms in total. The summed E-state index contributed by atoms with van der Waals surface area (Å²) in [5.74, 6) is -0.725. The van der Waals surface area contributed by atoms with E-state index in [1.165, 1.54) is 16.9 Å². The highest BCUT2D eigenvalue weighted by Gasteiger charge is 2.45. The lowest BCUT2D eigenvalue weighted by atomic mass is 9.88. The Labute approximate surface area is 163 Å². The summed E-state index contributed by atoms with van der Waals surface area (Å²) in [6.07, 6.45) is 0.863. The van der Waals surface area contributed by atoms with Crippen molar-refractivity contribution in [2.24, 2.45) is 17.6 Å². The highest BCUT2D eigenvalue weighted by Crippen LogP contribution is 2.43. The van der Waals surface area contributed by atoms with Crippen LogP contribution in [-0.2, 0) is 11.2 Å². The van der Waals surface area contributed by atoms with Crippen molar-refractivity contribution in [2.75, 3.05) is 0 Å². The van der Waals surface area contributed by atoms with Crippen LogP contribution in [0.4, 0.5) is 0 Å². The monoisotopic (exact) mass is 390 g/mol. The third-order valence-electron chi connectivity index (χ3n) is 4.43. The number of amides is 2. The van der Waals surface area contributed by atoms with Gasteiger partial charge in [0.25, 0.3) is 5.91 Å². The van der Waals surface area contributed by atoms with E-state index in [-0.39, 0.29) is 34.3 Å². The van der Waals surface area contributed by atoms with Gasteiger partial charge in [0.05, 0.1) is 16.2 Å². The van der Waals surface area contributed by atoms with Crippen LogP contribution in [0, 0.1) is 11.8 Å². The zero-order chi connectivity index (χ0) is 19.1. The fourth-order valence-corrected chi connectivity index (χ4v) is 5.56. The maximum absolute atomic E-state index is 12.3. The molecule has 3 rings (SSSR count). The number of thiophene rings is 1. The zero-order valence-corrected chi connectivity index (χ0v) is 17.0. The van der Waals surface area contributed by atoms with E-state index in [1.807, 2.05) is 50.4 Å². The first-order chi connectivity index (χ1) is 12.6. The molecule has 1 aliphatic heterocycles. The highest BCUT2D eigenvalue weighted by molar-refractivity contribution is 8.00. The van der Waals surface area contributed by atoms with Crippen LogP contribution in [0.25, 0.3) is 0 Å². The second kappa shape index (κ2) is 9.78. The Hall–Kier alpha value is -1.79. The first-order valence-corrected chi connectivity index (χ1v) is 10.7. The Morgan fingerprint density at radius 2 is 1.81 bits per heavy atom. The van der Waals surface area contributed by atoms with E-state index in [9.17, 15) is 9.59 Å². The standard InChI is InChI=1S/C18H20N2O2S2.C2H6/c1-11-14(10-12-6-3-2-4-7-12)24-18(15(11)16(19)21)20-17(22)13-8-5-9-23-13;1-2/h2-9,11,14-15,18H,10H2,1H3,(H2,19,21)(H,20,22);1-2H3. The molecule has 1 aliphatic rings. The molecule has 1 fully saturated rings. The molecule has 1 saturated heterocycles. The molecule has 4 atom stereocenters. The minimum Gasteiger partial charge on any atom is -0.369 e. The van der Waals surface area contributed by atoms with Gasteiger partial charge in [0.1, 0.15) is 0 Å². The summed E-state index contributed by atoms with van der Waals surface area (Å²) in [5, 5.41) is 4.83. The minimum atomic E-state index is -0.354. The number of thioether (sulfide) groups is 1. The van der Waals surface area contributed by atoms with Crippen molar-refractivity contribution in [3.05, 3.63) is 58.3 Å². The maximum Gasteiger partial charge on any atom is 0.262 e. The van der Waals surface area contributed by atoms with Crippen LogP contribution in [-0.4, -0.2) is 22.4 Å². The van der Waals surface area contributed by atoms with Gasteiger partial charge in [-0.25, -0.2) is 0 Å². The Morgan fingerprint density at radius 3 is 2.38 bits per heavy atom. The van der Waals surface area contributed by atoms with Crippen molar-refractivity contribution in [1.29, 1.82) is 0 Å². The normalized spacial score (nSPS) is 24.4. The number of nitrogens with two attached hydrogens (primary N) is 1. The summed E-state index contributed by atoms with van der Waals surface area (Å²) in [7, 11) is 0. The second-order valence-corrected chi connectivity index (χ2v) is 8.36. The van der Waals surface area contributed by atoms with Crippen LogP contribution in [0.2, 0.25) is 0 Å². The summed E-state index contributed by atoms with van der Waals surface area (Å²) >= 11 is 3.04. The van der Waals surface area contributed by atoms with Crippen molar-refractivity contribution < 1.29 is 9.59 Å². The van der Waals surface area contributed by atoms with Crippen molar-refractivity contribution in [2.45, 2.75) is 37.8 Å². The molecule has 2 aromatic rings. The highest BCUT2D eigenvalue weighted by atomic mass is 32.2. The van der Waals surface area contributed by atoms with E-state index in [0.29, 0.717) is 4.88 Å². The number of primary amides is 1. The molecule has 0 aliphatic carbocycles. The SMILES string of the molecule is CC.CC1C(Cc2ccccc2)SC(NC(=O)c2cccs2)C1C(N)=O. The number of hydrogen-bond donors (Lipinski definition) is 2. The molecule has 3 N–H and O–H groups in total. The van der Waals surface area contributed by atoms with Gasteiger partial charge in [-0.2, -0.15) is 0 Å². The fraction of sp³-hybridized carbons (Fsp3) is 0.400. The molecule has 6 heteroatoms. The number of hydrogen-bond acceptors (Lipinski definition) is 4. The summed E-state index contributed by atoms with van der Waals surface area (Å²) in [6.45, 7) is 6.05. The average molecular weight is 391 g/mol. The third kappa shape index (κ3) is 4.89. The van der Waals surface area contributed by atoms with E-state index in [2.05, 4.69) is 17.4 Å². The molecule has 140 valence electrons. The molecule has 1 aromatic heterocycles. The van der Waals surface area contributed by atoms with E-state index < -0.39 is 0 Å². The van der Waals surface area contributed by atoms with Crippen LogP contribution in [0.5, 0.6) is 0 Å². The molecule has 0 spiro atoms. The van der Waals surface area contributed by atoms with Gasteiger partial charge in [-0.1, -0.05) is 57.2 Å². The van der Waals surface area contributed by atoms with Crippen LogP contribution in [0.3, 0.4) is 0 Å². The number of rotatable bonds is 5. The van der Waals surface area contributed by atoms with Gasteiger partial charge in [0, 0.05) is 5.25 Å². The van der Waals surface area contributed by atoms with Gasteiger partial charge >= 0.3 is 0 Å². The third-order valence-corrected chi connectivity index (χ3v) is 6.95. The quantitative estimate of drug-likeness (QED) is 0.812. The van der Waals surface area contributed by atoms with Gasteiger partial charge in [0.15, 0.2) is 0 Å². The Bertz CT molecular complexity index is 704. The van der Waals surface area contributed by atoms with Crippen LogP contribution < -0.4 is 11.1 Å². The lowest BCUT2D eigenvalue weighted by Gasteiger charge is -2.19. The largest absolute Gasteiger partial charge is 0.369 e. The number of carbonyl (C=O) groups excluding carboxylic acids is 2. The van der Waals surface area contributed by atoms with Gasteiger partial charge in [-0.3, -0.25) is 9.59 Å². The van der Waals surface area contributed by atoms with Crippen molar-refractivity contribution >= 4 is 34.9 Å². The van der Waals surface area contributed by atoms with Crippen LogP contribution in [0.15, 0.2) is 47.8 Å². The smallest absolute Gasteiger partial charge is 0.262 e. The van der Waals surface area contributed by atoms with Gasteiger partial charge < -0.3 is 11.1 Å². The molecule has 2 amide bonds. The molecule has 1 aromatic carbocycles. The molecule has 0 bridgehead atoms. The van der Waals surface area contributed by atoms with Crippen molar-refractivity contribution in [3.63, 3.8) is 0 Å². The summed E-state index contributed by atoms with van der Waals surface area (Å²) in [5.41, 5.74) is 6.86. The molecular weight excluding hydrogens is 364 g/mol. The summed E-state index contributed by atoms with van der Waals surface area (Å²) in [6, 6.07) is 13.8. The summed E-state index contributed by atoms with van der Waals surface area (Å²) < 4.78 is 0. The number of carbonyl (C=O) groups is 2. The van der Waals surface area contributed by atoms with Crippen molar-refractivity contribution in [3.8, 4) is 0 Å². The predicted octanol–water partition coefficient (Wildman–Crippen LogP) is 3.93. The van der Waals surface area contributed by atoms with Gasteiger partial charge in [-0.05, 0) is 29.3 Å². The van der Waals surface area contributed by atoms with Crippen LogP contribution in [0.1, 0.15) is 36.0 Å². The van der Waals surface area contributed by atoms with E-state index >= 15 is 0 Å². The average Bonchev–Trinajstić information content (AvgIpc) is 3.27. The topological polar surface area (TPSA) is 72.2 Å². The van der Waals surface area contributed by atoms with E-state index in [4.69, 9.17) is 5.73 Å². The molecular formula is C20H26N2O2S2. The maximum atomic E-state index is 12.3. The zero-order valence-electron chi connectivity index (χ0n) is 15.3. The lowest BCUT2D eigenvalue weighted by molar-refractivity contribution is -0.123. The van der Waals surface area contributed by atoms with E-state index in [0.717, 1.165) is 6.42 Å². The molecule has 4 unspecified atom stereocenters. The number of benzene rings is 1. The van der Waals surface area contributed by atoms with Gasteiger partial charge in [-0.15, -0.1) is 23.1 Å². The molecule has 26 heavy (non-hydrogen) atoms.